The van der Waals surface area contributed by atoms with Crippen LogP contribution in [0, 0.1) is 5.82 Å². The Morgan fingerprint density at radius 3 is 2.48 bits per heavy atom. The molecule has 1 aromatic carbocycles. The average molecular weight is 329 g/mol. The largest absolute Gasteiger partial charge is 0.501 e. The van der Waals surface area contributed by atoms with Crippen LogP contribution < -0.4 is 5.32 Å². The summed E-state index contributed by atoms with van der Waals surface area (Å²) in [5.74, 6) is -1.07. The van der Waals surface area contributed by atoms with E-state index in [4.69, 9.17) is 4.74 Å². The van der Waals surface area contributed by atoms with Crippen molar-refractivity contribution in [1.29, 1.82) is 0 Å². The van der Waals surface area contributed by atoms with E-state index < -0.39 is 32.1 Å². The van der Waals surface area contributed by atoms with Crippen LogP contribution in [0.4, 0.5) is 23.2 Å². The Bertz CT molecular complexity index is 587. The summed E-state index contributed by atoms with van der Waals surface area (Å²) in [7, 11) is -5.64. The van der Waals surface area contributed by atoms with E-state index in [2.05, 4.69) is 5.32 Å². The molecule has 0 spiro atoms. The van der Waals surface area contributed by atoms with Crippen LogP contribution in [0.25, 0.3) is 0 Å². The summed E-state index contributed by atoms with van der Waals surface area (Å²) in [5.41, 5.74) is -5.82. The number of ether oxygens (including phenoxy) is 1. The van der Waals surface area contributed by atoms with Gasteiger partial charge in [-0.1, -0.05) is 0 Å². The van der Waals surface area contributed by atoms with Crippen LogP contribution in [0.2, 0.25) is 0 Å². The predicted molar refractivity (Wildman–Crippen MR) is 69.2 cm³/mol. The van der Waals surface area contributed by atoms with Gasteiger partial charge >= 0.3 is 5.51 Å². The molecule has 0 radical (unpaired) electrons. The Kier molecular flexibility index (Phi) is 5.57. The number of rotatable bonds is 6. The Morgan fingerprint density at radius 1 is 1.33 bits per heavy atom. The topological polar surface area (TPSA) is 55.4 Å². The van der Waals surface area contributed by atoms with E-state index in [-0.39, 0.29) is 12.3 Å². The van der Waals surface area contributed by atoms with E-state index in [0.717, 1.165) is 12.1 Å². The maximum Gasteiger partial charge on any atom is 0.501 e. The van der Waals surface area contributed by atoms with Gasteiger partial charge in [-0.05, 0) is 32.0 Å². The molecule has 0 aliphatic rings. The molecule has 9 heteroatoms. The summed E-state index contributed by atoms with van der Waals surface area (Å²) in [6.45, 7) is 3.91. The molecule has 1 aromatic rings. The fourth-order valence-corrected chi connectivity index (χ4v) is 2.50. The zero-order valence-electron chi connectivity index (χ0n) is 11.4. The average Bonchev–Trinajstić information content (AvgIpc) is 2.37. The van der Waals surface area contributed by atoms with Crippen LogP contribution >= 0.6 is 0 Å². The third-order valence-corrected chi connectivity index (χ3v) is 4.04. The summed E-state index contributed by atoms with van der Waals surface area (Å²) in [4.78, 5) is -1.14. The van der Waals surface area contributed by atoms with Crippen LogP contribution in [0.1, 0.15) is 13.8 Å². The standard InChI is InChI=1S/C12H15F4NO3S/c1-3-20-7-8(2)17-10-5-4-9(13)6-11(10)21(18,19)12(14,15)16/h4-6,8,17H,3,7H2,1-2H3. The number of nitrogens with one attached hydrogen (secondary N) is 1. The van der Waals surface area contributed by atoms with Gasteiger partial charge in [0.05, 0.1) is 12.3 Å². The van der Waals surface area contributed by atoms with E-state index in [1.807, 2.05) is 0 Å². The molecule has 0 saturated heterocycles. The van der Waals surface area contributed by atoms with Crippen molar-refractivity contribution in [1.82, 2.24) is 0 Å². The summed E-state index contributed by atoms with van der Waals surface area (Å²) in [6.07, 6.45) is 0. The normalized spacial score (nSPS) is 14.0. The van der Waals surface area contributed by atoms with E-state index in [1.165, 1.54) is 0 Å². The number of halogens is 4. The second-order valence-electron chi connectivity index (χ2n) is 4.29. The summed E-state index contributed by atoms with van der Waals surface area (Å²) in [6, 6.07) is 1.73. The molecule has 0 fully saturated rings. The summed E-state index contributed by atoms with van der Waals surface area (Å²) in [5, 5.41) is 2.58. The van der Waals surface area contributed by atoms with Gasteiger partial charge in [0, 0.05) is 12.6 Å². The molecule has 0 aliphatic carbocycles. The highest BCUT2D eigenvalue weighted by atomic mass is 32.2. The molecular formula is C12H15F4NO3S. The molecule has 1 N–H and O–H groups in total. The van der Waals surface area contributed by atoms with Crippen LogP contribution in [0.15, 0.2) is 23.1 Å². The third kappa shape index (κ3) is 4.31. The quantitative estimate of drug-likeness (QED) is 0.815. The molecule has 0 bridgehead atoms. The van der Waals surface area contributed by atoms with Gasteiger partial charge in [-0.2, -0.15) is 13.2 Å². The van der Waals surface area contributed by atoms with Crippen LogP contribution in [-0.4, -0.2) is 33.2 Å². The fraction of sp³-hybridized carbons (Fsp3) is 0.500. The van der Waals surface area contributed by atoms with Crippen molar-refractivity contribution in [2.45, 2.75) is 30.3 Å². The van der Waals surface area contributed by atoms with Crippen molar-refractivity contribution in [2.75, 3.05) is 18.5 Å². The second-order valence-corrected chi connectivity index (χ2v) is 6.20. The van der Waals surface area contributed by atoms with Gasteiger partial charge in [0.1, 0.15) is 10.7 Å². The van der Waals surface area contributed by atoms with Crippen molar-refractivity contribution in [3.8, 4) is 0 Å². The number of alkyl halides is 3. The first-order chi connectivity index (χ1) is 9.59. The van der Waals surface area contributed by atoms with E-state index in [9.17, 15) is 26.0 Å². The maximum absolute atomic E-state index is 13.1. The van der Waals surface area contributed by atoms with Crippen molar-refractivity contribution < 1.29 is 30.7 Å². The van der Waals surface area contributed by atoms with Crippen molar-refractivity contribution in [3.63, 3.8) is 0 Å². The minimum Gasteiger partial charge on any atom is -0.380 e. The molecule has 0 aromatic heterocycles. The highest BCUT2D eigenvalue weighted by molar-refractivity contribution is 7.92. The SMILES string of the molecule is CCOCC(C)Nc1ccc(F)cc1S(=O)(=O)C(F)(F)F. The molecule has 0 aliphatic heterocycles. The number of hydrogen-bond donors (Lipinski definition) is 1. The minimum absolute atomic E-state index is 0.166. The monoisotopic (exact) mass is 329 g/mol. The molecule has 21 heavy (non-hydrogen) atoms. The maximum atomic E-state index is 13.1. The zero-order chi connectivity index (χ0) is 16.3. The number of hydrogen-bond acceptors (Lipinski definition) is 4. The molecule has 0 saturated carbocycles. The van der Waals surface area contributed by atoms with Crippen LogP contribution in [-0.2, 0) is 14.6 Å². The molecule has 0 heterocycles. The molecular weight excluding hydrogens is 314 g/mol. The van der Waals surface area contributed by atoms with E-state index in [0.29, 0.717) is 12.7 Å². The van der Waals surface area contributed by atoms with Crippen molar-refractivity contribution >= 4 is 15.5 Å². The first kappa shape index (κ1) is 17.7. The second kappa shape index (κ2) is 6.61. The number of sulfone groups is 1. The molecule has 0 amide bonds. The first-order valence-corrected chi connectivity index (χ1v) is 7.53. The molecule has 1 atom stereocenters. The van der Waals surface area contributed by atoms with Gasteiger partial charge < -0.3 is 10.1 Å². The molecule has 1 unspecified atom stereocenters. The Balaban J connectivity index is 3.18. The van der Waals surface area contributed by atoms with Gasteiger partial charge in [0.25, 0.3) is 9.84 Å². The first-order valence-electron chi connectivity index (χ1n) is 6.04. The summed E-state index contributed by atoms with van der Waals surface area (Å²) >= 11 is 0. The number of anilines is 1. The van der Waals surface area contributed by atoms with E-state index in [1.54, 1.807) is 13.8 Å². The van der Waals surface area contributed by atoms with Crippen LogP contribution in [0.5, 0.6) is 0 Å². The highest BCUT2D eigenvalue weighted by Crippen LogP contribution is 2.35. The van der Waals surface area contributed by atoms with Crippen molar-refractivity contribution in [3.05, 3.63) is 24.0 Å². The lowest BCUT2D eigenvalue weighted by Gasteiger charge is -2.18. The third-order valence-electron chi connectivity index (χ3n) is 2.51. The zero-order valence-corrected chi connectivity index (χ0v) is 12.2. The molecule has 4 nitrogen and oxygen atoms in total. The number of benzene rings is 1. The Labute approximate surface area is 120 Å². The van der Waals surface area contributed by atoms with Crippen LogP contribution in [0.3, 0.4) is 0 Å². The Morgan fingerprint density at radius 2 is 1.95 bits per heavy atom. The molecule has 1 rings (SSSR count). The highest BCUT2D eigenvalue weighted by Gasteiger charge is 2.48. The fourth-order valence-electron chi connectivity index (χ4n) is 1.56. The summed E-state index contributed by atoms with van der Waals surface area (Å²) < 4.78 is 78.9. The van der Waals surface area contributed by atoms with Crippen molar-refractivity contribution in [2.24, 2.45) is 0 Å². The van der Waals surface area contributed by atoms with Gasteiger partial charge in [-0.15, -0.1) is 0 Å². The predicted octanol–water partition coefficient (Wildman–Crippen LogP) is 2.96. The lowest BCUT2D eigenvalue weighted by Crippen LogP contribution is -2.27. The lowest BCUT2D eigenvalue weighted by atomic mass is 10.2. The van der Waals surface area contributed by atoms with Gasteiger partial charge in [0.15, 0.2) is 0 Å². The Hall–Kier alpha value is -1.35. The molecule has 120 valence electrons. The van der Waals surface area contributed by atoms with Gasteiger partial charge in [-0.25, -0.2) is 12.8 Å². The minimum atomic E-state index is -5.64. The van der Waals surface area contributed by atoms with Gasteiger partial charge in [-0.3, -0.25) is 0 Å². The van der Waals surface area contributed by atoms with E-state index >= 15 is 0 Å². The van der Waals surface area contributed by atoms with Gasteiger partial charge in [0.2, 0.25) is 0 Å². The lowest BCUT2D eigenvalue weighted by molar-refractivity contribution is -0.0435. The smallest absolute Gasteiger partial charge is 0.380 e.